The molecule has 1 atom stereocenters. The highest BCUT2D eigenvalue weighted by molar-refractivity contribution is 5.98. The van der Waals surface area contributed by atoms with Crippen LogP contribution in [0.1, 0.15) is 60.4 Å². The number of aromatic nitrogens is 4. The van der Waals surface area contributed by atoms with Gasteiger partial charge in [0.25, 0.3) is 5.91 Å². The number of carbonyl (C=O) groups is 2. The summed E-state index contributed by atoms with van der Waals surface area (Å²) in [5.74, 6) is -3.35. The van der Waals surface area contributed by atoms with Gasteiger partial charge in [-0.2, -0.15) is 5.10 Å². The van der Waals surface area contributed by atoms with E-state index in [0.717, 1.165) is 16.7 Å². The largest absolute Gasteiger partial charge is 0.496 e. The zero-order valence-corrected chi connectivity index (χ0v) is 21.6. The first kappa shape index (κ1) is 24.6. The molecule has 2 fully saturated rings. The van der Waals surface area contributed by atoms with E-state index >= 15 is 0 Å². The van der Waals surface area contributed by atoms with Crippen molar-refractivity contribution >= 4 is 11.8 Å². The van der Waals surface area contributed by atoms with Crippen LogP contribution >= 0.6 is 0 Å². The summed E-state index contributed by atoms with van der Waals surface area (Å²) in [6.07, 6.45) is 2.93. The van der Waals surface area contributed by atoms with Crippen LogP contribution in [0.4, 0.5) is 8.78 Å². The quantitative estimate of drug-likeness (QED) is 0.550. The van der Waals surface area contributed by atoms with Crippen molar-refractivity contribution in [2.75, 3.05) is 13.7 Å². The first-order valence-electron chi connectivity index (χ1n) is 12.8. The van der Waals surface area contributed by atoms with E-state index in [1.165, 1.54) is 4.90 Å². The summed E-state index contributed by atoms with van der Waals surface area (Å²) in [5, 5.41) is 4.53. The molecule has 4 heterocycles. The molecule has 3 aromatic rings. The lowest BCUT2D eigenvalue weighted by molar-refractivity contribution is -0.126. The van der Waals surface area contributed by atoms with Crippen LogP contribution in [0.5, 0.6) is 5.75 Å². The summed E-state index contributed by atoms with van der Waals surface area (Å²) in [7, 11) is 3.43. The third-order valence-electron chi connectivity index (χ3n) is 8.35. The van der Waals surface area contributed by atoms with Gasteiger partial charge in [0.15, 0.2) is 5.82 Å². The Morgan fingerprint density at radius 3 is 2.58 bits per heavy atom. The van der Waals surface area contributed by atoms with E-state index in [4.69, 9.17) is 15.5 Å². The van der Waals surface area contributed by atoms with Crippen molar-refractivity contribution in [1.29, 1.82) is 0 Å². The van der Waals surface area contributed by atoms with Crippen molar-refractivity contribution in [3.05, 3.63) is 41.5 Å². The normalized spacial score (nSPS) is 22.1. The standard InChI is InChI=1S/C27H30F2N6O3/c1-26(25(30)37)7-4-8-35(26)24(36)23-31-21(16-13-27(28,29)14-16)22-17-12-18(19-6-9-33(2)32-19)20(38-3)11-15(17)5-10-34(22)23/h6,9,11-12,16H,4-5,7-8,10,13-14H2,1-3H3,(H2,30,37)/t26-/m1/s1. The van der Waals surface area contributed by atoms with E-state index in [2.05, 4.69) is 5.10 Å². The van der Waals surface area contributed by atoms with Gasteiger partial charge in [0.05, 0.1) is 24.2 Å². The summed E-state index contributed by atoms with van der Waals surface area (Å²) in [6, 6.07) is 5.80. The van der Waals surface area contributed by atoms with Crippen LogP contribution < -0.4 is 10.5 Å². The fourth-order valence-electron chi connectivity index (χ4n) is 6.15. The van der Waals surface area contributed by atoms with Gasteiger partial charge < -0.3 is 19.9 Å². The molecule has 0 unspecified atom stereocenters. The molecule has 2 amide bonds. The Morgan fingerprint density at radius 2 is 1.95 bits per heavy atom. The minimum atomic E-state index is -2.75. The minimum Gasteiger partial charge on any atom is -0.496 e. The van der Waals surface area contributed by atoms with E-state index in [-0.39, 0.29) is 18.7 Å². The number of primary amides is 1. The maximum absolute atomic E-state index is 14.0. The first-order valence-corrected chi connectivity index (χ1v) is 12.8. The van der Waals surface area contributed by atoms with Gasteiger partial charge in [0.1, 0.15) is 11.3 Å². The summed E-state index contributed by atoms with van der Waals surface area (Å²) in [5.41, 5.74) is 9.05. The van der Waals surface area contributed by atoms with Gasteiger partial charge >= 0.3 is 0 Å². The number of nitrogens with two attached hydrogens (primary N) is 1. The van der Waals surface area contributed by atoms with Crippen molar-refractivity contribution in [3.8, 4) is 28.3 Å². The van der Waals surface area contributed by atoms with Gasteiger partial charge in [-0.1, -0.05) is 0 Å². The summed E-state index contributed by atoms with van der Waals surface area (Å²) in [6.45, 7) is 2.51. The molecule has 9 nitrogen and oxygen atoms in total. The molecule has 0 radical (unpaired) electrons. The van der Waals surface area contributed by atoms with Crippen LogP contribution in [0, 0.1) is 0 Å². The molecule has 1 aromatic carbocycles. The van der Waals surface area contributed by atoms with Crippen LogP contribution in [0.2, 0.25) is 0 Å². The Hall–Kier alpha value is -3.76. The van der Waals surface area contributed by atoms with Gasteiger partial charge in [-0.05, 0) is 49.9 Å². The molecule has 1 saturated heterocycles. The number of ether oxygens (including phenoxy) is 1. The lowest BCUT2D eigenvalue weighted by atomic mass is 9.77. The smallest absolute Gasteiger partial charge is 0.290 e. The number of rotatable bonds is 5. The fraction of sp³-hybridized carbons (Fsp3) is 0.481. The second kappa shape index (κ2) is 8.37. The topological polar surface area (TPSA) is 108 Å². The van der Waals surface area contributed by atoms with Crippen molar-refractivity contribution in [2.45, 2.75) is 63.0 Å². The lowest BCUT2D eigenvalue weighted by Crippen LogP contribution is -2.54. The van der Waals surface area contributed by atoms with Crippen molar-refractivity contribution in [1.82, 2.24) is 24.2 Å². The number of halogens is 2. The number of hydrogen-bond acceptors (Lipinski definition) is 5. The molecule has 11 heteroatoms. The summed E-state index contributed by atoms with van der Waals surface area (Å²) in [4.78, 5) is 32.4. The number of aryl methyl sites for hydroxylation is 2. The lowest BCUT2D eigenvalue weighted by Gasteiger charge is -2.35. The number of imidazole rings is 1. The number of likely N-dealkylation sites (tertiary alicyclic amines) is 1. The Bertz CT molecular complexity index is 1470. The van der Waals surface area contributed by atoms with Crippen LogP contribution in [0.3, 0.4) is 0 Å². The number of methoxy groups -OCH3 is 1. The third-order valence-corrected chi connectivity index (χ3v) is 8.35. The van der Waals surface area contributed by atoms with Crippen LogP contribution in [-0.4, -0.2) is 61.2 Å². The second-order valence-electron chi connectivity index (χ2n) is 10.8. The molecule has 0 spiro atoms. The average Bonchev–Trinajstić information content (AvgIpc) is 3.58. The molecule has 38 heavy (non-hydrogen) atoms. The number of amides is 2. The zero-order chi connectivity index (χ0) is 27.0. The highest BCUT2D eigenvalue weighted by Crippen LogP contribution is 2.52. The Balaban J connectivity index is 1.52. The first-order chi connectivity index (χ1) is 18.0. The monoisotopic (exact) mass is 524 g/mol. The number of alkyl halides is 2. The summed E-state index contributed by atoms with van der Waals surface area (Å²) < 4.78 is 37.2. The van der Waals surface area contributed by atoms with Gasteiger partial charge in [-0.25, -0.2) is 13.8 Å². The second-order valence-corrected chi connectivity index (χ2v) is 10.8. The Kier molecular flexibility index (Phi) is 5.41. The maximum atomic E-state index is 14.0. The highest BCUT2D eigenvalue weighted by atomic mass is 19.3. The average molecular weight is 525 g/mol. The predicted octanol–water partition coefficient (Wildman–Crippen LogP) is 3.51. The zero-order valence-electron chi connectivity index (χ0n) is 21.6. The van der Waals surface area contributed by atoms with E-state index in [1.54, 1.807) is 18.7 Å². The molecule has 1 aliphatic carbocycles. The van der Waals surface area contributed by atoms with E-state index in [0.29, 0.717) is 55.2 Å². The predicted molar refractivity (Wildman–Crippen MR) is 135 cm³/mol. The third kappa shape index (κ3) is 3.62. The molecule has 1 saturated carbocycles. The Labute approximate surface area is 218 Å². The highest BCUT2D eigenvalue weighted by Gasteiger charge is 2.50. The van der Waals surface area contributed by atoms with Gasteiger partial charge in [-0.15, -0.1) is 0 Å². The Morgan fingerprint density at radius 1 is 1.18 bits per heavy atom. The number of carbonyl (C=O) groups excluding carboxylic acids is 2. The van der Waals surface area contributed by atoms with Crippen LogP contribution in [0.15, 0.2) is 24.4 Å². The van der Waals surface area contributed by atoms with Gasteiger partial charge in [0, 0.05) is 56.2 Å². The van der Waals surface area contributed by atoms with Gasteiger partial charge in [-0.3, -0.25) is 14.3 Å². The summed E-state index contributed by atoms with van der Waals surface area (Å²) >= 11 is 0. The fourth-order valence-corrected chi connectivity index (χ4v) is 6.15. The molecule has 6 rings (SSSR count). The van der Waals surface area contributed by atoms with E-state index < -0.39 is 29.2 Å². The molecule has 200 valence electrons. The molecule has 2 aromatic heterocycles. The van der Waals surface area contributed by atoms with E-state index in [1.807, 2.05) is 36.0 Å². The number of fused-ring (bicyclic) bond motifs is 3. The number of hydrogen-bond donors (Lipinski definition) is 1. The maximum Gasteiger partial charge on any atom is 0.290 e. The number of nitrogens with zero attached hydrogens (tertiary/aromatic N) is 5. The molecular weight excluding hydrogens is 494 g/mol. The van der Waals surface area contributed by atoms with Crippen molar-refractivity contribution in [2.24, 2.45) is 12.8 Å². The molecule has 3 aliphatic rings. The molecular formula is C27H30F2N6O3. The van der Waals surface area contributed by atoms with Crippen molar-refractivity contribution in [3.63, 3.8) is 0 Å². The molecule has 2 N–H and O–H groups in total. The molecule has 2 aliphatic heterocycles. The number of benzene rings is 1. The van der Waals surface area contributed by atoms with E-state index in [9.17, 15) is 18.4 Å². The van der Waals surface area contributed by atoms with Gasteiger partial charge in [0.2, 0.25) is 11.8 Å². The van der Waals surface area contributed by atoms with Crippen LogP contribution in [0.25, 0.3) is 22.5 Å². The van der Waals surface area contributed by atoms with Crippen LogP contribution in [-0.2, 0) is 24.8 Å². The van der Waals surface area contributed by atoms with Crippen molar-refractivity contribution < 1.29 is 23.1 Å². The SMILES string of the molecule is COc1cc2c(cc1-c1ccn(C)n1)-c1c(C3CC(F)(F)C3)nc(C(=O)N3CCC[C@]3(C)C(N)=O)n1CC2. The minimum absolute atomic E-state index is 0.167. The molecule has 0 bridgehead atoms.